The predicted molar refractivity (Wildman–Crippen MR) is 71.0 cm³/mol. The summed E-state index contributed by atoms with van der Waals surface area (Å²) in [6, 6.07) is 5.89. The average molecular weight is 337 g/mol. The molecule has 0 heterocycles. The lowest BCUT2D eigenvalue weighted by molar-refractivity contribution is -0.0169. The van der Waals surface area contributed by atoms with Crippen molar-refractivity contribution in [2.24, 2.45) is 0 Å². The van der Waals surface area contributed by atoms with E-state index in [2.05, 4.69) is 11.3 Å². The predicted octanol–water partition coefficient (Wildman–Crippen LogP) is 2.35. The fourth-order valence-electron chi connectivity index (χ4n) is 1.42. The van der Waals surface area contributed by atoms with E-state index in [-0.39, 0.29) is 5.56 Å². The Kier molecular flexibility index (Phi) is 5.72. The van der Waals surface area contributed by atoms with E-state index >= 15 is 0 Å². The Hall–Kier alpha value is -1.87. The number of hydrogen-bond donors (Lipinski definition) is 0. The van der Waals surface area contributed by atoms with Gasteiger partial charge in [0.1, 0.15) is 0 Å². The summed E-state index contributed by atoms with van der Waals surface area (Å²) >= 11 is 0. The number of benzene rings is 1. The minimum Gasteiger partial charge on any atom is -0.743 e. The van der Waals surface area contributed by atoms with Crippen LogP contribution in [0.5, 0.6) is 0 Å². The molecule has 1 atom stereocenters. The summed E-state index contributed by atoms with van der Waals surface area (Å²) in [4.78, 5) is 11.5. The van der Waals surface area contributed by atoms with Crippen LogP contribution in [0.15, 0.2) is 30.8 Å². The SMILES string of the molecule is C=Cc1ccc(C(=O)OCCC(F)C(F)(F)S(=O)(=O)[O-])cc1. The van der Waals surface area contributed by atoms with Crippen LogP contribution in [0.25, 0.3) is 6.08 Å². The summed E-state index contributed by atoms with van der Waals surface area (Å²) in [5, 5.41) is -5.06. The van der Waals surface area contributed by atoms with Crippen LogP contribution in [-0.2, 0) is 14.9 Å². The molecule has 0 fully saturated rings. The van der Waals surface area contributed by atoms with Gasteiger partial charge in [0, 0.05) is 6.42 Å². The Morgan fingerprint density at radius 2 is 1.91 bits per heavy atom. The van der Waals surface area contributed by atoms with Crippen molar-refractivity contribution in [1.29, 1.82) is 0 Å². The van der Waals surface area contributed by atoms with Crippen molar-refractivity contribution in [1.82, 2.24) is 0 Å². The molecule has 22 heavy (non-hydrogen) atoms. The molecule has 0 aromatic heterocycles. The number of halogens is 3. The molecule has 0 spiro atoms. The second-order valence-electron chi connectivity index (χ2n) is 4.23. The molecule has 1 aromatic carbocycles. The van der Waals surface area contributed by atoms with E-state index in [0.29, 0.717) is 0 Å². The Balaban J connectivity index is 2.56. The van der Waals surface area contributed by atoms with E-state index in [0.717, 1.165) is 5.56 Å². The Bertz CT molecular complexity index is 640. The van der Waals surface area contributed by atoms with Gasteiger partial charge >= 0.3 is 11.2 Å². The van der Waals surface area contributed by atoms with Crippen molar-refractivity contribution in [2.45, 2.75) is 17.8 Å². The number of alkyl halides is 3. The van der Waals surface area contributed by atoms with Crippen molar-refractivity contribution in [3.05, 3.63) is 42.0 Å². The van der Waals surface area contributed by atoms with Crippen LogP contribution in [0.4, 0.5) is 13.2 Å². The summed E-state index contributed by atoms with van der Waals surface area (Å²) in [6.45, 7) is 2.72. The quantitative estimate of drug-likeness (QED) is 0.563. The highest BCUT2D eigenvalue weighted by Crippen LogP contribution is 2.29. The molecule has 122 valence electrons. The summed E-state index contributed by atoms with van der Waals surface area (Å²) < 4.78 is 73.9. The van der Waals surface area contributed by atoms with E-state index in [1.807, 2.05) is 0 Å². The van der Waals surface area contributed by atoms with E-state index < -0.39 is 40.5 Å². The lowest BCUT2D eigenvalue weighted by Gasteiger charge is -2.23. The normalized spacial score (nSPS) is 13.5. The first kappa shape index (κ1) is 18.2. The van der Waals surface area contributed by atoms with Gasteiger partial charge in [0.2, 0.25) is 0 Å². The van der Waals surface area contributed by atoms with Gasteiger partial charge in [-0.15, -0.1) is 0 Å². The highest BCUT2D eigenvalue weighted by molar-refractivity contribution is 7.86. The van der Waals surface area contributed by atoms with Gasteiger partial charge in [-0.1, -0.05) is 24.8 Å². The molecular weight excluding hydrogens is 325 g/mol. The maximum absolute atomic E-state index is 13.1. The molecule has 0 aliphatic rings. The zero-order valence-corrected chi connectivity index (χ0v) is 12.0. The maximum atomic E-state index is 13.1. The Morgan fingerprint density at radius 1 is 1.36 bits per heavy atom. The molecule has 0 saturated carbocycles. The van der Waals surface area contributed by atoms with Gasteiger partial charge in [-0.05, 0) is 17.7 Å². The smallest absolute Gasteiger partial charge is 0.364 e. The van der Waals surface area contributed by atoms with Crippen LogP contribution < -0.4 is 0 Å². The molecule has 1 aromatic rings. The highest BCUT2D eigenvalue weighted by Gasteiger charge is 2.47. The Labute approximate surface area is 125 Å². The van der Waals surface area contributed by atoms with Gasteiger partial charge < -0.3 is 9.29 Å². The molecule has 0 radical (unpaired) electrons. The standard InChI is InChI=1S/C13H13F3O5S/c1-2-9-3-5-10(6-4-9)12(17)21-8-7-11(14)13(15,16)22(18,19)20/h2-6,11H,1,7-8H2,(H,18,19,20)/p-1. The molecule has 0 N–H and O–H groups in total. The van der Waals surface area contributed by atoms with Crippen molar-refractivity contribution in [2.75, 3.05) is 6.61 Å². The second-order valence-corrected chi connectivity index (χ2v) is 5.69. The number of esters is 1. The van der Waals surface area contributed by atoms with Crippen LogP contribution in [-0.4, -0.2) is 37.0 Å². The maximum Gasteiger partial charge on any atom is 0.364 e. The topological polar surface area (TPSA) is 83.5 Å². The van der Waals surface area contributed by atoms with Crippen LogP contribution in [0.1, 0.15) is 22.3 Å². The molecule has 5 nitrogen and oxygen atoms in total. The molecular formula is C13H12F3O5S-. The zero-order chi connectivity index (χ0) is 17.0. The minimum absolute atomic E-state index is 0.101. The molecule has 0 amide bonds. The molecule has 0 bridgehead atoms. The third-order valence-electron chi connectivity index (χ3n) is 2.68. The number of carbonyl (C=O) groups excluding carboxylic acids is 1. The molecule has 1 unspecified atom stereocenters. The molecule has 0 aliphatic heterocycles. The van der Waals surface area contributed by atoms with Crippen LogP contribution in [0.2, 0.25) is 0 Å². The number of ether oxygens (including phenoxy) is 1. The third kappa shape index (κ3) is 4.31. The summed E-state index contributed by atoms with van der Waals surface area (Å²) in [7, 11) is -6.12. The van der Waals surface area contributed by atoms with Gasteiger partial charge in [-0.2, -0.15) is 8.78 Å². The van der Waals surface area contributed by atoms with Crippen molar-refractivity contribution < 1.29 is 35.7 Å². The lowest BCUT2D eigenvalue weighted by atomic mass is 10.1. The largest absolute Gasteiger partial charge is 0.743 e. The number of hydrogen-bond acceptors (Lipinski definition) is 5. The van der Waals surface area contributed by atoms with Crippen molar-refractivity contribution >= 4 is 22.2 Å². The van der Waals surface area contributed by atoms with Crippen LogP contribution in [0.3, 0.4) is 0 Å². The first-order valence-electron chi connectivity index (χ1n) is 5.96. The summed E-state index contributed by atoms with van der Waals surface area (Å²) in [6.07, 6.45) is -2.84. The first-order chi connectivity index (χ1) is 10.1. The van der Waals surface area contributed by atoms with Gasteiger partial charge in [-0.3, -0.25) is 0 Å². The van der Waals surface area contributed by atoms with Gasteiger partial charge in [0.15, 0.2) is 16.3 Å². The lowest BCUT2D eigenvalue weighted by Crippen LogP contribution is -2.39. The van der Waals surface area contributed by atoms with Crippen LogP contribution in [0, 0.1) is 0 Å². The average Bonchev–Trinajstić information content (AvgIpc) is 2.45. The highest BCUT2D eigenvalue weighted by atomic mass is 32.2. The van der Waals surface area contributed by atoms with E-state index in [9.17, 15) is 30.9 Å². The fourth-order valence-corrected chi connectivity index (χ4v) is 1.85. The van der Waals surface area contributed by atoms with E-state index in [1.165, 1.54) is 18.2 Å². The van der Waals surface area contributed by atoms with Crippen molar-refractivity contribution in [3.63, 3.8) is 0 Å². The number of carbonyl (C=O) groups is 1. The monoisotopic (exact) mass is 337 g/mol. The second kappa shape index (κ2) is 6.93. The molecule has 9 heteroatoms. The Morgan fingerprint density at radius 3 is 2.36 bits per heavy atom. The fraction of sp³-hybridized carbons (Fsp3) is 0.308. The summed E-state index contributed by atoms with van der Waals surface area (Å²) in [5.74, 6) is -0.892. The van der Waals surface area contributed by atoms with Gasteiger partial charge in [0.05, 0.1) is 12.2 Å². The molecule has 0 saturated heterocycles. The minimum atomic E-state index is -6.12. The summed E-state index contributed by atoms with van der Waals surface area (Å²) in [5.41, 5.74) is 0.838. The van der Waals surface area contributed by atoms with Gasteiger partial charge in [0.25, 0.3) is 0 Å². The zero-order valence-electron chi connectivity index (χ0n) is 11.2. The number of rotatable bonds is 7. The van der Waals surface area contributed by atoms with Gasteiger partial charge in [-0.25, -0.2) is 17.6 Å². The molecule has 1 rings (SSSR count). The molecule has 0 aliphatic carbocycles. The first-order valence-corrected chi connectivity index (χ1v) is 7.37. The van der Waals surface area contributed by atoms with E-state index in [4.69, 9.17) is 0 Å². The van der Waals surface area contributed by atoms with Crippen LogP contribution >= 0.6 is 0 Å². The van der Waals surface area contributed by atoms with Crippen molar-refractivity contribution in [3.8, 4) is 0 Å². The third-order valence-corrected chi connectivity index (χ3v) is 3.61. The van der Waals surface area contributed by atoms with E-state index in [1.54, 1.807) is 12.1 Å².